The van der Waals surface area contributed by atoms with Gasteiger partial charge in [-0.05, 0) is 44.6 Å². The molecule has 88 valence electrons. The molecule has 2 heteroatoms. The predicted molar refractivity (Wildman–Crippen MR) is 68.4 cm³/mol. The molecule has 1 fully saturated rings. The highest BCUT2D eigenvalue weighted by molar-refractivity contribution is 5.25. The summed E-state index contributed by atoms with van der Waals surface area (Å²) >= 11 is 0. The molecule has 1 aliphatic rings. The van der Waals surface area contributed by atoms with Crippen molar-refractivity contribution in [1.29, 1.82) is 0 Å². The minimum atomic E-state index is 0.585. The van der Waals surface area contributed by atoms with E-state index < -0.39 is 0 Å². The molecule has 0 spiro atoms. The van der Waals surface area contributed by atoms with E-state index >= 15 is 0 Å². The molecule has 1 unspecified atom stereocenters. The van der Waals surface area contributed by atoms with E-state index in [9.17, 15) is 0 Å². The van der Waals surface area contributed by atoms with E-state index in [-0.39, 0.29) is 0 Å². The summed E-state index contributed by atoms with van der Waals surface area (Å²) in [6.07, 6.45) is 3.97. The molecular weight excluding hydrogens is 196 g/mol. The first-order valence-electron chi connectivity index (χ1n) is 6.22. The lowest BCUT2D eigenvalue weighted by molar-refractivity contribution is 0.401. The van der Waals surface area contributed by atoms with Crippen LogP contribution in [0.2, 0.25) is 0 Å². The molecule has 2 rings (SSSR count). The van der Waals surface area contributed by atoms with Crippen molar-refractivity contribution >= 4 is 0 Å². The van der Waals surface area contributed by atoms with Crippen molar-refractivity contribution in [3.05, 3.63) is 35.4 Å². The highest BCUT2D eigenvalue weighted by Crippen LogP contribution is 2.23. The molecule has 1 saturated heterocycles. The van der Waals surface area contributed by atoms with E-state index in [1.54, 1.807) is 0 Å². The van der Waals surface area contributed by atoms with Crippen molar-refractivity contribution in [1.82, 2.24) is 10.2 Å². The number of hydrogen-bond acceptors (Lipinski definition) is 2. The van der Waals surface area contributed by atoms with Gasteiger partial charge in [-0.25, -0.2) is 0 Å². The Morgan fingerprint density at radius 1 is 1.19 bits per heavy atom. The Kier molecular flexibility index (Phi) is 3.97. The van der Waals surface area contributed by atoms with Gasteiger partial charge < -0.3 is 10.2 Å². The lowest BCUT2D eigenvalue weighted by Gasteiger charge is -2.24. The summed E-state index contributed by atoms with van der Waals surface area (Å²) in [5.74, 6) is 0. The van der Waals surface area contributed by atoms with E-state index in [4.69, 9.17) is 0 Å². The van der Waals surface area contributed by atoms with Crippen molar-refractivity contribution < 1.29 is 0 Å². The number of nitrogens with zero attached hydrogens (tertiary/aromatic N) is 1. The third kappa shape index (κ3) is 3.06. The van der Waals surface area contributed by atoms with Crippen LogP contribution in [0.1, 0.15) is 36.4 Å². The Bertz CT molecular complexity index is 310. The highest BCUT2D eigenvalue weighted by atomic mass is 15.0. The van der Waals surface area contributed by atoms with Crippen LogP contribution in [-0.4, -0.2) is 25.5 Å². The quantitative estimate of drug-likeness (QED) is 0.839. The molecule has 1 aromatic rings. The number of nitrogens with one attached hydrogen (secondary N) is 1. The van der Waals surface area contributed by atoms with Gasteiger partial charge in [0.15, 0.2) is 0 Å². The summed E-state index contributed by atoms with van der Waals surface area (Å²) < 4.78 is 0. The number of hydrogen-bond donors (Lipinski definition) is 1. The maximum atomic E-state index is 3.59. The predicted octanol–water partition coefficient (Wildman–Crippen LogP) is 2.56. The highest BCUT2D eigenvalue weighted by Gasteiger charge is 2.13. The maximum absolute atomic E-state index is 3.59. The van der Waals surface area contributed by atoms with Gasteiger partial charge in [0.1, 0.15) is 0 Å². The second kappa shape index (κ2) is 5.46. The van der Waals surface area contributed by atoms with Crippen molar-refractivity contribution in [2.45, 2.75) is 31.8 Å². The fourth-order valence-electron chi connectivity index (χ4n) is 2.36. The Morgan fingerprint density at radius 3 is 2.50 bits per heavy atom. The Labute approximate surface area is 98.7 Å². The summed E-state index contributed by atoms with van der Waals surface area (Å²) in [5.41, 5.74) is 2.84. The van der Waals surface area contributed by atoms with Crippen molar-refractivity contribution in [2.24, 2.45) is 0 Å². The zero-order valence-electron chi connectivity index (χ0n) is 10.4. The lowest BCUT2D eigenvalue weighted by atomic mass is 9.97. The average Bonchev–Trinajstić information content (AvgIpc) is 2.30. The van der Waals surface area contributed by atoms with Crippen LogP contribution in [0.5, 0.6) is 0 Å². The molecule has 0 saturated carbocycles. The van der Waals surface area contributed by atoms with Gasteiger partial charge in [-0.15, -0.1) is 0 Å². The molecule has 1 heterocycles. The molecule has 0 amide bonds. The average molecular weight is 218 g/mol. The van der Waals surface area contributed by atoms with Crippen LogP contribution in [-0.2, 0) is 6.54 Å². The third-order valence-electron chi connectivity index (χ3n) is 3.19. The molecular formula is C14H22N2. The van der Waals surface area contributed by atoms with Crippen LogP contribution in [0.25, 0.3) is 0 Å². The second-order valence-corrected chi connectivity index (χ2v) is 4.98. The molecule has 1 atom stereocenters. The van der Waals surface area contributed by atoms with E-state index in [1.165, 1.54) is 36.9 Å². The van der Waals surface area contributed by atoms with Gasteiger partial charge in [0, 0.05) is 12.6 Å². The number of piperidine rings is 1. The summed E-state index contributed by atoms with van der Waals surface area (Å²) in [6.45, 7) is 2.20. The molecule has 1 aliphatic heterocycles. The zero-order valence-corrected chi connectivity index (χ0v) is 10.4. The van der Waals surface area contributed by atoms with E-state index in [0.717, 1.165) is 6.54 Å². The largest absolute Gasteiger partial charge is 0.310 e. The van der Waals surface area contributed by atoms with Gasteiger partial charge in [0.05, 0.1) is 0 Å². The smallest absolute Gasteiger partial charge is 0.0320 e. The molecule has 1 N–H and O–H groups in total. The fourth-order valence-corrected chi connectivity index (χ4v) is 2.36. The van der Waals surface area contributed by atoms with Gasteiger partial charge in [0.25, 0.3) is 0 Å². The Morgan fingerprint density at radius 2 is 1.94 bits per heavy atom. The first-order valence-corrected chi connectivity index (χ1v) is 6.22. The summed E-state index contributed by atoms with van der Waals surface area (Å²) in [4.78, 5) is 2.20. The van der Waals surface area contributed by atoms with Crippen LogP contribution < -0.4 is 5.32 Å². The maximum Gasteiger partial charge on any atom is 0.0320 e. The van der Waals surface area contributed by atoms with Crippen LogP contribution in [0.15, 0.2) is 24.3 Å². The van der Waals surface area contributed by atoms with Gasteiger partial charge in [-0.3, -0.25) is 0 Å². The van der Waals surface area contributed by atoms with E-state index in [0.29, 0.717) is 6.04 Å². The first kappa shape index (κ1) is 11.6. The van der Waals surface area contributed by atoms with Crippen molar-refractivity contribution in [3.8, 4) is 0 Å². The molecule has 0 aromatic heterocycles. The second-order valence-electron chi connectivity index (χ2n) is 4.98. The SMILES string of the molecule is CN(C)Cc1ccc(C2CCCCN2)cc1. The normalized spacial score (nSPS) is 21.3. The van der Waals surface area contributed by atoms with Crippen molar-refractivity contribution in [2.75, 3.05) is 20.6 Å². The van der Waals surface area contributed by atoms with Gasteiger partial charge in [0.2, 0.25) is 0 Å². The molecule has 0 aliphatic carbocycles. The van der Waals surface area contributed by atoms with Crippen molar-refractivity contribution in [3.63, 3.8) is 0 Å². The van der Waals surface area contributed by atoms with Crippen LogP contribution >= 0.6 is 0 Å². The molecule has 0 bridgehead atoms. The molecule has 0 radical (unpaired) electrons. The fraction of sp³-hybridized carbons (Fsp3) is 0.571. The molecule has 2 nitrogen and oxygen atoms in total. The lowest BCUT2D eigenvalue weighted by Crippen LogP contribution is -2.26. The minimum absolute atomic E-state index is 0.585. The van der Waals surface area contributed by atoms with Crippen LogP contribution in [0.4, 0.5) is 0 Å². The first-order chi connectivity index (χ1) is 7.75. The van der Waals surface area contributed by atoms with Crippen LogP contribution in [0, 0.1) is 0 Å². The van der Waals surface area contributed by atoms with Gasteiger partial charge in [-0.1, -0.05) is 30.7 Å². The Balaban J connectivity index is 2.00. The minimum Gasteiger partial charge on any atom is -0.310 e. The van der Waals surface area contributed by atoms with Crippen LogP contribution in [0.3, 0.4) is 0 Å². The Hall–Kier alpha value is -0.860. The molecule has 1 aromatic carbocycles. The third-order valence-corrected chi connectivity index (χ3v) is 3.19. The topological polar surface area (TPSA) is 15.3 Å². The summed E-state index contributed by atoms with van der Waals surface area (Å²) in [5, 5.41) is 3.59. The standard InChI is InChI=1S/C14H22N2/c1-16(2)11-12-6-8-13(9-7-12)14-5-3-4-10-15-14/h6-9,14-15H,3-5,10-11H2,1-2H3. The van der Waals surface area contributed by atoms with Gasteiger partial charge in [-0.2, -0.15) is 0 Å². The van der Waals surface area contributed by atoms with E-state index in [2.05, 4.69) is 48.6 Å². The number of rotatable bonds is 3. The number of benzene rings is 1. The van der Waals surface area contributed by atoms with E-state index in [1.807, 2.05) is 0 Å². The summed E-state index contributed by atoms with van der Waals surface area (Å²) in [7, 11) is 4.22. The zero-order chi connectivity index (χ0) is 11.4. The molecule has 16 heavy (non-hydrogen) atoms. The van der Waals surface area contributed by atoms with Gasteiger partial charge >= 0.3 is 0 Å². The summed E-state index contributed by atoms with van der Waals surface area (Å²) in [6, 6.07) is 9.66. The monoisotopic (exact) mass is 218 g/mol.